The highest BCUT2D eigenvalue weighted by molar-refractivity contribution is 6.23. The number of nitrogens with zero attached hydrogens (tertiary/aromatic N) is 1. The van der Waals surface area contributed by atoms with E-state index in [9.17, 15) is 9.59 Å². The zero-order chi connectivity index (χ0) is 7.28. The van der Waals surface area contributed by atoms with Gasteiger partial charge in [-0.1, -0.05) is 6.92 Å². The van der Waals surface area contributed by atoms with Gasteiger partial charge in [0.2, 0.25) is 6.29 Å². The third-order valence-electron chi connectivity index (χ3n) is 1.04. The van der Waals surface area contributed by atoms with Crippen molar-refractivity contribution in [2.75, 3.05) is 13.6 Å². The molecule has 0 aromatic rings. The summed E-state index contributed by atoms with van der Waals surface area (Å²) < 4.78 is 0. The maximum absolute atomic E-state index is 10.5. The topological polar surface area (TPSA) is 37.4 Å². The Kier molecular flexibility index (Phi) is 3.67. The lowest BCUT2D eigenvalue weighted by molar-refractivity contribution is -0.137. The quantitative estimate of drug-likeness (QED) is 0.399. The van der Waals surface area contributed by atoms with Crippen LogP contribution in [0.25, 0.3) is 0 Å². The van der Waals surface area contributed by atoms with E-state index in [0.29, 0.717) is 12.8 Å². The van der Waals surface area contributed by atoms with Gasteiger partial charge in [0.05, 0.1) is 0 Å². The Balaban J connectivity index is 3.58. The summed E-state index contributed by atoms with van der Waals surface area (Å²) in [6.45, 7) is 2.60. The Bertz CT molecular complexity index is 112. The Morgan fingerprint density at radius 2 is 2.22 bits per heavy atom. The van der Waals surface area contributed by atoms with E-state index in [-0.39, 0.29) is 0 Å². The van der Waals surface area contributed by atoms with Crippen molar-refractivity contribution in [1.29, 1.82) is 0 Å². The number of aldehydes is 1. The van der Waals surface area contributed by atoms with Crippen LogP contribution < -0.4 is 0 Å². The molecule has 0 heterocycles. The minimum absolute atomic E-state index is 0.329. The Morgan fingerprint density at radius 3 is 2.56 bits per heavy atom. The molecule has 0 saturated heterocycles. The molecule has 0 saturated carbocycles. The van der Waals surface area contributed by atoms with Crippen LogP contribution >= 0.6 is 0 Å². The fourth-order valence-corrected chi connectivity index (χ4v) is 0.536. The first-order chi connectivity index (χ1) is 4.22. The van der Waals surface area contributed by atoms with Gasteiger partial charge in [0.25, 0.3) is 5.91 Å². The molecule has 3 heteroatoms. The normalized spacial score (nSPS) is 8.67. The third-order valence-corrected chi connectivity index (χ3v) is 1.04. The first-order valence-electron chi connectivity index (χ1n) is 2.92. The van der Waals surface area contributed by atoms with Crippen LogP contribution in [0, 0.1) is 0 Å². The Hall–Kier alpha value is -0.860. The number of likely N-dealkylation sites (N-methyl/N-ethyl adjacent to an activating group) is 1. The molecule has 0 spiro atoms. The van der Waals surface area contributed by atoms with Gasteiger partial charge in [-0.25, -0.2) is 0 Å². The average molecular weight is 129 g/mol. The molecule has 0 aromatic carbocycles. The van der Waals surface area contributed by atoms with Gasteiger partial charge < -0.3 is 4.90 Å². The fraction of sp³-hybridized carbons (Fsp3) is 0.667. The molecule has 0 aliphatic rings. The Labute approximate surface area is 54.6 Å². The van der Waals surface area contributed by atoms with Crippen molar-refractivity contribution < 1.29 is 9.59 Å². The van der Waals surface area contributed by atoms with E-state index in [4.69, 9.17) is 0 Å². The fourth-order valence-electron chi connectivity index (χ4n) is 0.536. The van der Waals surface area contributed by atoms with Crippen molar-refractivity contribution in [3.05, 3.63) is 0 Å². The highest BCUT2D eigenvalue weighted by Gasteiger charge is 2.02. The molecule has 9 heavy (non-hydrogen) atoms. The first kappa shape index (κ1) is 8.14. The highest BCUT2D eigenvalue weighted by atomic mass is 16.2. The van der Waals surface area contributed by atoms with Crippen LogP contribution in [0.15, 0.2) is 0 Å². The molecule has 0 bridgehead atoms. The number of carbonyl (C=O) groups is 2. The van der Waals surface area contributed by atoms with Gasteiger partial charge in [0.15, 0.2) is 0 Å². The summed E-state index contributed by atoms with van der Waals surface area (Å²) in [5, 5.41) is 0. The molecule has 0 aromatic heterocycles. The van der Waals surface area contributed by atoms with Crippen molar-refractivity contribution in [3.8, 4) is 0 Å². The van der Waals surface area contributed by atoms with Crippen molar-refractivity contribution in [1.82, 2.24) is 4.90 Å². The SMILES string of the molecule is CCCN(C)C(=O)C=O. The molecular weight excluding hydrogens is 118 g/mol. The summed E-state index contributed by atoms with van der Waals surface area (Å²) in [5.74, 6) is -0.447. The van der Waals surface area contributed by atoms with Crippen LogP contribution in [0.5, 0.6) is 0 Å². The number of hydrogen-bond donors (Lipinski definition) is 0. The van der Waals surface area contributed by atoms with Crippen LogP contribution in [0.4, 0.5) is 0 Å². The largest absolute Gasteiger partial charge is 0.339 e. The van der Waals surface area contributed by atoms with Crippen LogP contribution in [0.2, 0.25) is 0 Å². The summed E-state index contributed by atoms with van der Waals surface area (Å²) in [7, 11) is 1.61. The number of carbonyl (C=O) groups excluding carboxylic acids is 2. The van der Waals surface area contributed by atoms with Crippen molar-refractivity contribution >= 4 is 12.2 Å². The summed E-state index contributed by atoms with van der Waals surface area (Å²) in [6.07, 6.45) is 1.21. The molecule has 0 aliphatic carbocycles. The van der Waals surface area contributed by atoms with E-state index >= 15 is 0 Å². The van der Waals surface area contributed by atoms with Gasteiger partial charge in [-0.05, 0) is 6.42 Å². The minimum atomic E-state index is -0.447. The summed E-state index contributed by atoms with van der Waals surface area (Å²) in [5.41, 5.74) is 0. The average Bonchev–Trinajstić information content (AvgIpc) is 1.87. The highest BCUT2D eigenvalue weighted by Crippen LogP contribution is 1.83. The van der Waals surface area contributed by atoms with E-state index in [1.165, 1.54) is 4.90 Å². The molecule has 0 atom stereocenters. The lowest BCUT2D eigenvalue weighted by Gasteiger charge is -2.10. The van der Waals surface area contributed by atoms with Crippen LogP contribution in [0.3, 0.4) is 0 Å². The summed E-state index contributed by atoms with van der Waals surface area (Å²) >= 11 is 0. The third kappa shape index (κ3) is 2.85. The lowest BCUT2D eigenvalue weighted by atomic mass is 10.4. The maximum atomic E-state index is 10.5. The minimum Gasteiger partial charge on any atom is -0.339 e. The van der Waals surface area contributed by atoms with Gasteiger partial charge >= 0.3 is 0 Å². The molecule has 3 nitrogen and oxygen atoms in total. The molecular formula is C6H11NO2. The standard InChI is InChI=1S/C6H11NO2/c1-3-4-7(2)6(9)5-8/h5H,3-4H2,1-2H3. The zero-order valence-corrected chi connectivity index (χ0v) is 5.76. The predicted molar refractivity (Wildman–Crippen MR) is 34.0 cm³/mol. The van der Waals surface area contributed by atoms with Crippen LogP contribution in [-0.4, -0.2) is 30.7 Å². The molecule has 0 rings (SSSR count). The summed E-state index contributed by atoms with van der Waals surface area (Å²) in [6, 6.07) is 0. The summed E-state index contributed by atoms with van der Waals surface area (Å²) in [4.78, 5) is 21.7. The van der Waals surface area contributed by atoms with E-state index in [2.05, 4.69) is 0 Å². The van der Waals surface area contributed by atoms with Gasteiger partial charge in [-0.2, -0.15) is 0 Å². The Morgan fingerprint density at radius 1 is 1.67 bits per heavy atom. The lowest BCUT2D eigenvalue weighted by Crippen LogP contribution is -2.27. The van der Waals surface area contributed by atoms with Crippen molar-refractivity contribution in [2.24, 2.45) is 0 Å². The zero-order valence-electron chi connectivity index (χ0n) is 5.76. The number of rotatable bonds is 3. The van der Waals surface area contributed by atoms with Crippen LogP contribution in [-0.2, 0) is 9.59 Å². The molecule has 0 radical (unpaired) electrons. The van der Waals surface area contributed by atoms with Gasteiger partial charge in [-0.15, -0.1) is 0 Å². The van der Waals surface area contributed by atoms with E-state index in [1.807, 2.05) is 6.92 Å². The second-order valence-corrected chi connectivity index (χ2v) is 1.88. The van der Waals surface area contributed by atoms with Gasteiger partial charge in [0, 0.05) is 13.6 Å². The molecule has 0 unspecified atom stereocenters. The molecule has 52 valence electrons. The van der Waals surface area contributed by atoms with E-state index < -0.39 is 5.91 Å². The van der Waals surface area contributed by atoms with Crippen molar-refractivity contribution in [2.45, 2.75) is 13.3 Å². The second-order valence-electron chi connectivity index (χ2n) is 1.88. The smallest absolute Gasteiger partial charge is 0.286 e. The van der Waals surface area contributed by atoms with Crippen LogP contribution in [0.1, 0.15) is 13.3 Å². The number of amides is 1. The van der Waals surface area contributed by atoms with Gasteiger partial charge in [0.1, 0.15) is 0 Å². The maximum Gasteiger partial charge on any atom is 0.286 e. The molecule has 0 fully saturated rings. The number of hydrogen-bond acceptors (Lipinski definition) is 2. The molecule has 0 aliphatic heterocycles. The molecule has 0 N–H and O–H groups in total. The van der Waals surface area contributed by atoms with Gasteiger partial charge in [-0.3, -0.25) is 9.59 Å². The first-order valence-corrected chi connectivity index (χ1v) is 2.92. The van der Waals surface area contributed by atoms with Crippen molar-refractivity contribution in [3.63, 3.8) is 0 Å². The monoisotopic (exact) mass is 129 g/mol. The van der Waals surface area contributed by atoms with E-state index in [0.717, 1.165) is 6.42 Å². The second kappa shape index (κ2) is 4.06. The van der Waals surface area contributed by atoms with E-state index in [1.54, 1.807) is 7.05 Å². The molecule has 1 amide bonds. The predicted octanol–water partition coefficient (Wildman–Crippen LogP) is 0.0537.